The molecule has 150 valence electrons. The average Bonchev–Trinajstić information content (AvgIpc) is 2.65. The van der Waals surface area contributed by atoms with E-state index in [1.807, 2.05) is 0 Å². The first kappa shape index (κ1) is 20.1. The largest absolute Gasteiger partial charge is 0.352 e. The van der Waals surface area contributed by atoms with E-state index >= 15 is 0 Å². The van der Waals surface area contributed by atoms with Gasteiger partial charge in [-0.05, 0) is 69.3 Å². The van der Waals surface area contributed by atoms with Gasteiger partial charge in [0.2, 0.25) is 10.0 Å². The van der Waals surface area contributed by atoms with Gasteiger partial charge >= 0.3 is 0 Å². The molecule has 0 bridgehead atoms. The van der Waals surface area contributed by atoms with E-state index in [-0.39, 0.29) is 11.7 Å². The van der Waals surface area contributed by atoms with Crippen molar-refractivity contribution >= 4 is 21.6 Å². The van der Waals surface area contributed by atoms with Crippen molar-refractivity contribution in [1.29, 1.82) is 0 Å². The van der Waals surface area contributed by atoms with E-state index in [9.17, 15) is 13.2 Å². The molecule has 0 saturated carbocycles. The first-order chi connectivity index (χ1) is 13.0. The zero-order chi connectivity index (χ0) is 19.3. The van der Waals surface area contributed by atoms with Crippen LogP contribution in [0.2, 0.25) is 0 Å². The Balaban J connectivity index is 1.51. The van der Waals surface area contributed by atoms with Crippen molar-refractivity contribution in [3.63, 3.8) is 0 Å². The summed E-state index contributed by atoms with van der Waals surface area (Å²) in [5.74, 6) is 0.804. The summed E-state index contributed by atoms with van der Waals surface area (Å²) < 4.78 is 26.0. The van der Waals surface area contributed by atoms with Crippen LogP contribution in [0.25, 0.3) is 0 Å². The van der Waals surface area contributed by atoms with E-state index in [1.165, 1.54) is 17.1 Å². The van der Waals surface area contributed by atoms with Crippen LogP contribution in [-0.4, -0.2) is 57.7 Å². The molecule has 0 aliphatic carbocycles. The highest BCUT2D eigenvalue weighted by Crippen LogP contribution is 2.24. The second-order valence-corrected chi connectivity index (χ2v) is 9.82. The predicted molar refractivity (Wildman–Crippen MR) is 109 cm³/mol. The van der Waals surface area contributed by atoms with Gasteiger partial charge < -0.3 is 10.2 Å². The minimum Gasteiger partial charge on any atom is -0.352 e. The van der Waals surface area contributed by atoms with Crippen LogP contribution in [-0.2, 0) is 10.0 Å². The molecule has 2 heterocycles. The van der Waals surface area contributed by atoms with E-state index in [4.69, 9.17) is 0 Å². The average molecular weight is 394 g/mol. The first-order valence-electron chi connectivity index (χ1n) is 10.1. The van der Waals surface area contributed by atoms with E-state index in [2.05, 4.69) is 17.1 Å². The minimum absolute atomic E-state index is 0.140. The molecule has 27 heavy (non-hydrogen) atoms. The Morgan fingerprint density at radius 1 is 1.22 bits per heavy atom. The number of amides is 1. The maximum atomic E-state index is 12.5. The molecule has 0 radical (unpaired) electrons. The summed E-state index contributed by atoms with van der Waals surface area (Å²) in [6, 6.07) is 6.94. The highest BCUT2D eigenvalue weighted by Gasteiger charge is 2.26. The number of nitrogens with zero attached hydrogens (tertiary/aromatic N) is 2. The van der Waals surface area contributed by atoms with Crippen molar-refractivity contribution in [2.24, 2.45) is 5.92 Å². The number of piperidine rings is 1. The zero-order valence-corrected chi connectivity index (χ0v) is 17.0. The Morgan fingerprint density at radius 2 is 2.07 bits per heavy atom. The van der Waals surface area contributed by atoms with E-state index in [1.54, 1.807) is 24.3 Å². The van der Waals surface area contributed by atoms with Gasteiger partial charge in [0.1, 0.15) is 0 Å². The van der Waals surface area contributed by atoms with Gasteiger partial charge in [-0.2, -0.15) is 0 Å². The number of sulfonamides is 1. The molecule has 2 aliphatic heterocycles. The minimum atomic E-state index is -3.26. The third-order valence-corrected chi connectivity index (χ3v) is 7.29. The predicted octanol–water partition coefficient (Wildman–Crippen LogP) is 2.47. The van der Waals surface area contributed by atoms with Crippen molar-refractivity contribution < 1.29 is 13.2 Å². The second-order valence-electron chi connectivity index (χ2n) is 7.80. The summed E-state index contributed by atoms with van der Waals surface area (Å²) in [4.78, 5) is 14.9. The number of carbonyl (C=O) groups is 1. The van der Waals surface area contributed by atoms with Gasteiger partial charge in [0, 0.05) is 25.2 Å². The number of hydrogen-bond acceptors (Lipinski definition) is 4. The van der Waals surface area contributed by atoms with Crippen LogP contribution in [0.4, 0.5) is 5.69 Å². The number of carbonyl (C=O) groups excluding carboxylic acids is 1. The van der Waals surface area contributed by atoms with Crippen LogP contribution < -0.4 is 9.62 Å². The van der Waals surface area contributed by atoms with Crippen LogP contribution in [0, 0.1) is 5.92 Å². The van der Waals surface area contributed by atoms with Gasteiger partial charge in [0.05, 0.1) is 11.4 Å². The van der Waals surface area contributed by atoms with Gasteiger partial charge in [0.25, 0.3) is 5.91 Å². The highest BCUT2D eigenvalue weighted by atomic mass is 32.2. The molecule has 0 spiro atoms. The molecule has 2 aliphatic rings. The van der Waals surface area contributed by atoms with E-state index in [0.29, 0.717) is 30.8 Å². The van der Waals surface area contributed by atoms with Crippen LogP contribution in [0.15, 0.2) is 24.3 Å². The lowest BCUT2D eigenvalue weighted by Gasteiger charge is -2.30. The summed E-state index contributed by atoms with van der Waals surface area (Å²) >= 11 is 0. The number of hydrogen-bond donors (Lipinski definition) is 1. The van der Waals surface area contributed by atoms with Gasteiger partial charge in [-0.15, -0.1) is 0 Å². The molecule has 1 atom stereocenters. The topological polar surface area (TPSA) is 69.7 Å². The van der Waals surface area contributed by atoms with Crippen LogP contribution >= 0.6 is 0 Å². The highest BCUT2D eigenvalue weighted by molar-refractivity contribution is 7.92. The van der Waals surface area contributed by atoms with Crippen molar-refractivity contribution in [2.75, 3.05) is 42.8 Å². The van der Waals surface area contributed by atoms with Crippen molar-refractivity contribution in [2.45, 2.75) is 39.0 Å². The molecular formula is C20H31N3O3S. The Hall–Kier alpha value is -1.60. The zero-order valence-electron chi connectivity index (χ0n) is 16.2. The fourth-order valence-electron chi connectivity index (χ4n) is 3.98. The summed E-state index contributed by atoms with van der Waals surface area (Å²) in [5, 5.41) is 2.97. The van der Waals surface area contributed by atoms with Crippen molar-refractivity contribution in [1.82, 2.24) is 10.2 Å². The molecule has 1 aromatic carbocycles. The molecule has 2 saturated heterocycles. The van der Waals surface area contributed by atoms with Gasteiger partial charge in [0.15, 0.2) is 0 Å². The molecule has 1 N–H and O–H groups in total. The summed E-state index contributed by atoms with van der Waals surface area (Å²) in [6.07, 6.45) is 5.06. The molecule has 0 aromatic heterocycles. The van der Waals surface area contributed by atoms with Crippen molar-refractivity contribution in [3.8, 4) is 0 Å². The number of benzene rings is 1. The van der Waals surface area contributed by atoms with Gasteiger partial charge in [-0.1, -0.05) is 13.0 Å². The van der Waals surface area contributed by atoms with E-state index < -0.39 is 10.0 Å². The molecule has 7 heteroatoms. The van der Waals surface area contributed by atoms with Gasteiger partial charge in [-0.25, -0.2) is 8.42 Å². The second kappa shape index (κ2) is 9.06. The number of rotatable bonds is 6. The third-order valence-electron chi connectivity index (χ3n) is 5.42. The molecule has 2 fully saturated rings. The number of likely N-dealkylation sites (tertiary alicyclic amines) is 1. The normalized spacial score (nSPS) is 23.1. The maximum absolute atomic E-state index is 12.5. The molecule has 1 aromatic rings. The molecule has 6 nitrogen and oxygen atoms in total. The molecule has 1 amide bonds. The summed E-state index contributed by atoms with van der Waals surface area (Å²) in [5.41, 5.74) is 1.10. The Kier molecular flexibility index (Phi) is 6.76. The third kappa shape index (κ3) is 5.45. The monoisotopic (exact) mass is 393 g/mol. The van der Waals surface area contributed by atoms with Crippen LogP contribution in [0.3, 0.4) is 0 Å². The molecule has 0 unspecified atom stereocenters. The smallest absolute Gasteiger partial charge is 0.251 e. The standard InChI is InChI=1S/C20H31N3O3S/c1-17-7-5-11-22(16-17)12-6-10-21-20(24)18-8-4-9-19(15-18)23-13-2-3-14-27(23,25)26/h4,8-9,15,17H,2-3,5-7,10-14,16H2,1H3,(H,21,24)/t17-/m1/s1. The molecular weight excluding hydrogens is 362 g/mol. The maximum Gasteiger partial charge on any atom is 0.251 e. The quantitative estimate of drug-likeness (QED) is 0.754. The Labute approximate surface area is 163 Å². The fourth-order valence-corrected chi connectivity index (χ4v) is 5.61. The Morgan fingerprint density at radius 3 is 2.85 bits per heavy atom. The van der Waals surface area contributed by atoms with Crippen LogP contribution in [0.5, 0.6) is 0 Å². The lowest BCUT2D eigenvalue weighted by atomic mass is 10.0. The number of anilines is 1. The van der Waals surface area contributed by atoms with Crippen LogP contribution in [0.1, 0.15) is 49.4 Å². The Bertz CT molecular complexity index is 751. The SMILES string of the molecule is C[C@@H]1CCCN(CCCNC(=O)c2cccc(N3CCCCS3(=O)=O)c2)C1. The number of nitrogens with one attached hydrogen (secondary N) is 1. The first-order valence-corrected chi connectivity index (χ1v) is 11.7. The van der Waals surface area contributed by atoms with Crippen molar-refractivity contribution in [3.05, 3.63) is 29.8 Å². The van der Waals surface area contributed by atoms with Gasteiger partial charge in [-0.3, -0.25) is 9.10 Å². The lowest BCUT2D eigenvalue weighted by molar-refractivity contribution is 0.0950. The fraction of sp³-hybridized carbons (Fsp3) is 0.650. The summed E-state index contributed by atoms with van der Waals surface area (Å²) in [6.45, 7) is 6.74. The lowest BCUT2D eigenvalue weighted by Crippen LogP contribution is -2.38. The summed E-state index contributed by atoms with van der Waals surface area (Å²) in [7, 11) is -3.26. The molecule has 3 rings (SSSR count). The van der Waals surface area contributed by atoms with E-state index in [0.717, 1.165) is 38.4 Å².